The van der Waals surface area contributed by atoms with Crippen LogP contribution in [-0.2, 0) is 4.79 Å². The summed E-state index contributed by atoms with van der Waals surface area (Å²) < 4.78 is 0.985. The van der Waals surface area contributed by atoms with E-state index in [1.54, 1.807) is 11.3 Å². The number of aliphatic imine (C=N–C) groups is 1. The average Bonchev–Trinajstić information content (AvgIpc) is 2.71. The highest BCUT2D eigenvalue weighted by atomic mass is 79.9. The molecule has 1 atom stereocenters. The van der Waals surface area contributed by atoms with E-state index in [-0.39, 0.29) is 11.2 Å². The zero-order valence-corrected chi connectivity index (χ0v) is 10.3. The van der Waals surface area contributed by atoms with Gasteiger partial charge in [-0.05, 0) is 27.4 Å². The third-order valence-corrected chi connectivity index (χ3v) is 4.94. The van der Waals surface area contributed by atoms with Crippen molar-refractivity contribution in [3.63, 3.8) is 0 Å². The molecule has 2 rings (SSSR count). The number of carbonyl (C=O) groups is 1. The maximum absolute atomic E-state index is 11.3. The number of rotatable bonds is 2. The Hall–Kier alpha value is -0.170. The van der Waals surface area contributed by atoms with Crippen LogP contribution in [-0.4, -0.2) is 22.7 Å². The van der Waals surface area contributed by atoms with Crippen LogP contribution in [0.15, 0.2) is 20.9 Å². The number of nitrogens with zero attached hydrogens (tertiary/aromatic N) is 1. The molecule has 1 amide bonds. The van der Waals surface area contributed by atoms with Gasteiger partial charge < -0.3 is 5.73 Å². The second-order valence-corrected chi connectivity index (χ2v) is 5.66. The fraction of sp³-hybridized carbons (Fsp3) is 0.250. The first-order valence-electron chi connectivity index (χ1n) is 3.95. The fourth-order valence-electron chi connectivity index (χ4n) is 1.08. The van der Waals surface area contributed by atoms with E-state index in [4.69, 9.17) is 5.73 Å². The maximum atomic E-state index is 11.3. The summed E-state index contributed by atoms with van der Waals surface area (Å²) >= 11 is 6.43. The summed E-state index contributed by atoms with van der Waals surface area (Å²) in [6.07, 6.45) is 0. The molecule has 1 aliphatic heterocycles. The summed E-state index contributed by atoms with van der Waals surface area (Å²) in [5.41, 5.74) is 5.45. The molecule has 14 heavy (non-hydrogen) atoms. The topological polar surface area (TPSA) is 55.4 Å². The van der Waals surface area contributed by atoms with E-state index in [1.165, 1.54) is 11.8 Å². The normalized spacial score (nSPS) is 21.4. The van der Waals surface area contributed by atoms with E-state index < -0.39 is 0 Å². The summed E-state index contributed by atoms with van der Waals surface area (Å²) in [7, 11) is 0. The summed E-state index contributed by atoms with van der Waals surface area (Å²) in [5.74, 6) is -0.118. The third-order valence-electron chi connectivity index (χ3n) is 1.77. The molecule has 74 valence electrons. The maximum Gasteiger partial charge on any atom is 0.261 e. The minimum atomic E-state index is -0.195. The van der Waals surface area contributed by atoms with Crippen LogP contribution < -0.4 is 5.73 Å². The molecule has 0 saturated carbocycles. The van der Waals surface area contributed by atoms with Gasteiger partial charge >= 0.3 is 0 Å². The van der Waals surface area contributed by atoms with Crippen molar-refractivity contribution >= 4 is 50.0 Å². The molecule has 0 bridgehead atoms. The molecule has 0 aliphatic carbocycles. The van der Waals surface area contributed by atoms with Crippen molar-refractivity contribution in [2.45, 2.75) is 5.25 Å². The fourth-order valence-corrected chi connectivity index (χ4v) is 3.82. The molecule has 1 aliphatic rings. The quantitative estimate of drug-likeness (QED) is 0.905. The second kappa shape index (κ2) is 4.14. The average molecular weight is 291 g/mol. The lowest BCUT2D eigenvalue weighted by molar-refractivity contribution is -0.116. The third kappa shape index (κ3) is 1.79. The first kappa shape index (κ1) is 10.4. The van der Waals surface area contributed by atoms with Gasteiger partial charge in [-0.2, -0.15) is 0 Å². The summed E-state index contributed by atoms with van der Waals surface area (Å²) in [4.78, 5) is 16.3. The van der Waals surface area contributed by atoms with Crippen molar-refractivity contribution in [2.24, 2.45) is 10.7 Å². The zero-order chi connectivity index (χ0) is 10.1. The van der Waals surface area contributed by atoms with E-state index in [0.29, 0.717) is 6.54 Å². The predicted molar refractivity (Wildman–Crippen MR) is 64.0 cm³/mol. The van der Waals surface area contributed by atoms with Crippen LogP contribution in [0.25, 0.3) is 0 Å². The smallest absolute Gasteiger partial charge is 0.261 e. The van der Waals surface area contributed by atoms with Gasteiger partial charge in [0.05, 0.1) is 4.88 Å². The SMILES string of the molecule is NCC1SC(c2sccc2Br)=NC1=O. The second-order valence-electron chi connectivity index (χ2n) is 2.70. The van der Waals surface area contributed by atoms with Gasteiger partial charge in [-0.1, -0.05) is 11.8 Å². The standard InChI is InChI=1S/C8H7BrN2OS2/c9-4-1-2-13-6(4)8-11-7(12)5(3-10)14-8/h1-2,5H,3,10H2. The van der Waals surface area contributed by atoms with Crippen LogP contribution in [0.2, 0.25) is 0 Å². The Morgan fingerprint density at radius 1 is 1.64 bits per heavy atom. The first-order chi connectivity index (χ1) is 6.72. The molecule has 0 spiro atoms. The summed E-state index contributed by atoms with van der Waals surface area (Å²) in [6, 6.07) is 1.95. The minimum Gasteiger partial charge on any atom is -0.329 e. The largest absolute Gasteiger partial charge is 0.329 e. The lowest BCUT2D eigenvalue weighted by atomic mass is 10.4. The molecule has 0 aromatic carbocycles. The van der Waals surface area contributed by atoms with Gasteiger partial charge in [0, 0.05) is 11.0 Å². The van der Waals surface area contributed by atoms with Crippen molar-refractivity contribution in [3.8, 4) is 0 Å². The monoisotopic (exact) mass is 290 g/mol. The summed E-state index contributed by atoms with van der Waals surface area (Å²) in [5, 5.41) is 2.55. The van der Waals surface area contributed by atoms with Crippen LogP contribution in [0.5, 0.6) is 0 Å². The lowest BCUT2D eigenvalue weighted by Gasteiger charge is -2.00. The first-order valence-corrected chi connectivity index (χ1v) is 6.50. The van der Waals surface area contributed by atoms with Gasteiger partial charge in [-0.3, -0.25) is 4.79 Å². The predicted octanol–water partition coefficient (Wildman–Crippen LogP) is 1.86. The van der Waals surface area contributed by atoms with Crippen LogP contribution in [0.4, 0.5) is 0 Å². The molecule has 1 aromatic rings. The highest BCUT2D eigenvalue weighted by Gasteiger charge is 2.29. The Bertz CT molecular complexity index is 402. The Morgan fingerprint density at radius 3 is 2.93 bits per heavy atom. The van der Waals surface area contributed by atoms with Gasteiger partial charge in [0.25, 0.3) is 5.91 Å². The van der Waals surface area contributed by atoms with E-state index in [9.17, 15) is 4.79 Å². The number of carbonyl (C=O) groups excluding carboxylic acids is 1. The van der Waals surface area contributed by atoms with Crippen LogP contribution in [0.3, 0.4) is 0 Å². The van der Waals surface area contributed by atoms with Gasteiger partial charge in [-0.15, -0.1) is 11.3 Å². The Labute approximate surface area is 97.9 Å². The minimum absolute atomic E-state index is 0.118. The molecular weight excluding hydrogens is 284 g/mol. The lowest BCUT2D eigenvalue weighted by Crippen LogP contribution is -2.21. The Morgan fingerprint density at radius 2 is 2.43 bits per heavy atom. The molecule has 0 saturated heterocycles. The van der Waals surface area contributed by atoms with Gasteiger partial charge in [0.1, 0.15) is 10.3 Å². The van der Waals surface area contributed by atoms with Crippen molar-refractivity contribution in [1.29, 1.82) is 0 Å². The van der Waals surface area contributed by atoms with Gasteiger partial charge in [0.2, 0.25) is 0 Å². The number of amides is 1. The highest BCUT2D eigenvalue weighted by Crippen LogP contribution is 2.33. The van der Waals surface area contributed by atoms with Crippen LogP contribution >= 0.6 is 39.0 Å². The molecular formula is C8H7BrN2OS2. The van der Waals surface area contributed by atoms with E-state index in [2.05, 4.69) is 20.9 Å². The van der Waals surface area contributed by atoms with E-state index in [0.717, 1.165) is 14.4 Å². The molecule has 0 fully saturated rings. The van der Waals surface area contributed by atoms with Crippen molar-refractivity contribution in [3.05, 3.63) is 20.8 Å². The van der Waals surface area contributed by atoms with Crippen LogP contribution in [0.1, 0.15) is 4.88 Å². The van der Waals surface area contributed by atoms with E-state index in [1.807, 2.05) is 11.4 Å². The molecule has 1 aromatic heterocycles. The van der Waals surface area contributed by atoms with Crippen molar-refractivity contribution < 1.29 is 4.79 Å². The molecule has 3 nitrogen and oxygen atoms in total. The van der Waals surface area contributed by atoms with Gasteiger partial charge in [-0.25, -0.2) is 4.99 Å². The molecule has 0 radical (unpaired) electrons. The number of thiophene rings is 1. The van der Waals surface area contributed by atoms with Gasteiger partial charge in [0.15, 0.2) is 0 Å². The number of thioether (sulfide) groups is 1. The number of hydrogen-bond donors (Lipinski definition) is 1. The van der Waals surface area contributed by atoms with Crippen molar-refractivity contribution in [2.75, 3.05) is 6.54 Å². The van der Waals surface area contributed by atoms with Crippen LogP contribution in [0, 0.1) is 0 Å². The zero-order valence-electron chi connectivity index (χ0n) is 7.07. The summed E-state index contributed by atoms with van der Waals surface area (Å²) in [6.45, 7) is 0.347. The Kier molecular flexibility index (Phi) is 3.06. The van der Waals surface area contributed by atoms with E-state index >= 15 is 0 Å². The number of halogens is 1. The molecule has 6 heteroatoms. The number of hydrogen-bond acceptors (Lipinski definition) is 4. The highest BCUT2D eigenvalue weighted by molar-refractivity contribution is 9.10. The van der Waals surface area contributed by atoms with Crippen molar-refractivity contribution in [1.82, 2.24) is 0 Å². The Balaban J connectivity index is 2.27. The number of nitrogens with two attached hydrogens (primary N) is 1. The molecule has 1 unspecified atom stereocenters. The molecule has 2 heterocycles. The molecule has 2 N–H and O–H groups in total.